The largest absolute Gasteiger partial charge is 0.496 e. The molecule has 0 radical (unpaired) electrons. The van der Waals surface area contributed by atoms with Crippen LogP contribution in [0.1, 0.15) is 18.4 Å². The summed E-state index contributed by atoms with van der Waals surface area (Å²) in [6, 6.07) is 7.57. The van der Waals surface area contributed by atoms with Crippen LogP contribution >= 0.6 is 0 Å². The molecule has 1 N–H and O–H groups in total. The molecule has 4 nitrogen and oxygen atoms in total. The van der Waals surface area contributed by atoms with Crippen molar-refractivity contribution in [3.05, 3.63) is 35.9 Å². The van der Waals surface area contributed by atoms with Crippen molar-refractivity contribution in [2.75, 3.05) is 20.2 Å². The Morgan fingerprint density at radius 1 is 1.37 bits per heavy atom. The van der Waals surface area contributed by atoms with Gasteiger partial charge in [-0.2, -0.15) is 0 Å². The van der Waals surface area contributed by atoms with Crippen LogP contribution in [0.2, 0.25) is 0 Å². The summed E-state index contributed by atoms with van der Waals surface area (Å²) >= 11 is 0. The first-order valence-electron chi connectivity index (χ1n) is 6.49. The molecule has 0 aromatic heterocycles. The van der Waals surface area contributed by atoms with E-state index in [-0.39, 0.29) is 12.0 Å². The number of amides is 1. The van der Waals surface area contributed by atoms with Crippen LogP contribution in [0.3, 0.4) is 0 Å². The van der Waals surface area contributed by atoms with E-state index in [1.807, 2.05) is 24.3 Å². The van der Waals surface area contributed by atoms with Crippen LogP contribution in [0, 0.1) is 0 Å². The maximum Gasteiger partial charge on any atom is 0.246 e. The Bertz CT molecular complexity index is 462. The molecule has 0 atom stereocenters. The number of piperidine rings is 1. The number of hydrogen-bond acceptors (Lipinski definition) is 3. The van der Waals surface area contributed by atoms with Crippen LogP contribution in [-0.2, 0) is 4.79 Å². The van der Waals surface area contributed by atoms with Crippen molar-refractivity contribution in [3.8, 4) is 5.75 Å². The van der Waals surface area contributed by atoms with Crippen molar-refractivity contribution in [3.63, 3.8) is 0 Å². The molecule has 0 saturated carbocycles. The second-order valence-corrected chi connectivity index (χ2v) is 4.63. The van der Waals surface area contributed by atoms with Gasteiger partial charge in [-0.1, -0.05) is 18.2 Å². The lowest BCUT2D eigenvalue weighted by molar-refractivity contribution is -0.127. The van der Waals surface area contributed by atoms with E-state index in [1.165, 1.54) is 0 Å². The van der Waals surface area contributed by atoms with E-state index in [2.05, 4.69) is 0 Å². The van der Waals surface area contributed by atoms with Gasteiger partial charge in [-0.05, 0) is 25.0 Å². The summed E-state index contributed by atoms with van der Waals surface area (Å²) in [7, 11) is 1.61. The number of aliphatic hydroxyl groups excluding tert-OH is 1. The van der Waals surface area contributed by atoms with Crippen molar-refractivity contribution in [2.45, 2.75) is 18.9 Å². The first kappa shape index (κ1) is 13.6. The maximum atomic E-state index is 12.0. The molecule has 1 fully saturated rings. The SMILES string of the molecule is COc1ccccc1C=CC(=O)N1CCC(O)CC1. The number of aliphatic hydroxyl groups is 1. The summed E-state index contributed by atoms with van der Waals surface area (Å²) in [4.78, 5) is 13.8. The van der Waals surface area contributed by atoms with Crippen molar-refractivity contribution in [1.82, 2.24) is 4.90 Å². The number of benzene rings is 1. The zero-order chi connectivity index (χ0) is 13.7. The molecular weight excluding hydrogens is 242 g/mol. The minimum absolute atomic E-state index is 0.0159. The average molecular weight is 261 g/mol. The summed E-state index contributed by atoms with van der Waals surface area (Å²) in [5.41, 5.74) is 0.885. The molecule has 1 aliphatic heterocycles. The van der Waals surface area contributed by atoms with Crippen molar-refractivity contribution in [1.29, 1.82) is 0 Å². The van der Waals surface area contributed by atoms with E-state index >= 15 is 0 Å². The average Bonchev–Trinajstić information content (AvgIpc) is 2.45. The van der Waals surface area contributed by atoms with Crippen molar-refractivity contribution in [2.24, 2.45) is 0 Å². The molecule has 1 aliphatic rings. The van der Waals surface area contributed by atoms with Gasteiger partial charge < -0.3 is 14.7 Å². The Labute approximate surface area is 113 Å². The number of ether oxygens (including phenoxy) is 1. The summed E-state index contributed by atoms with van der Waals surface area (Å²) in [6.07, 6.45) is 4.40. The Kier molecular flexibility index (Phi) is 4.58. The van der Waals surface area contributed by atoms with Crippen LogP contribution in [0.4, 0.5) is 0 Å². The predicted octanol–water partition coefficient (Wildman–Crippen LogP) is 1.69. The molecule has 1 aromatic carbocycles. The Morgan fingerprint density at radius 3 is 2.74 bits per heavy atom. The van der Waals surface area contributed by atoms with Gasteiger partial charge in [0.2, 0.25) is 5.91 Å². The third-order valence-corrected chi connectivity index (χ3v) is 3.32. The normalized spacial score (nSPS) is 16.8. The Hall–Kier alpha value is -1.81. The van der Waals surface area contributed by atoms with E-state index in [9.17, 15) is 9.90 Å². The smallest absolute Gasteiger partial charge is 0.246 e. The van der Waals surface area contributed by atoms with Crippen molar-refractivity contribution < 1.29 is 14.6 Å². The second-order valence-electron chi connectivity index (χ2n) is 4.63. The van der Waals surface area contributed by atoms with Crippen LogP contribution in [0.5, 0.6) is 5.75 Å². The lowest BCUT2D eigenvalue weighted by Crippen LogP contribution is -2.39. The molecule has 1 aromatic rings. The minimum Gasteiger partial charge on any atom is -0.496 e. The summed E-state index contributed by atoms with van der Waals surface area (Å²) in [5.74, 6) is 0.735. The molecular formula is C15H19NO3. The van der Waals surface area contributed by atoms with E-state index in [0.717, 1.165) is 11.3 Å². The topological polar surface area (TPSA) is 49.8 Å². The predicted molar refractivity (Wildman–Crippen MR) is 73.8 cm³/mol. The van der Waals surface area contributed by atoms with Crippen molar-refractivity contribution >= 4 is 12.0 Å². The third-order valence-electron chi connectivity index (χ3n) is 3.32. The van der Waals surface area contributed by atoms with Gasteiger partial charge in [0.25, 0.3) is 0 Å². The number of carbonyl (C=O) groups is 1. The van der Waals surface area contributed by atoms with E-state index in [1.54, 1.807) is 24.2 Å². The van der Waals surface area contributed by atoms with Crippen LogP contribution in [0.25, 0.3) is 6.08 Å². The molecule has 0 unspecified atom stereocenters. The zero-order valence-corrected chi connectivity index (χ0v) is 11.1. The van der Waals surface area contributed by atoms with Crippen LogP contribution < -0.4 is 4.74 Å². The van der Waals surface area contributed by atoms with E-state index in [4.69, 9.17) is 4.74 Å². The fourth-order valence-electron chi connectivity index (χ4n) is 2.16. The van der Waals surface area contributed by atoms with Gasteiger partial charge in [-0.3, -0.25) is 4.79 Å². The molecule has 0 bridgehead atoms. The summed E-state index contributed by atoms with van der Waals surface area (Å²) < 4.78 is 5.23. The molecule has 4 heteroatoms. The highest BCUT2D eigenvalue weighted by Crippen LogP contribution is 2.19. The fourth-order valence-corrected chi connectivity index (χ4v) is 2.16. The van der Waals surface area contributed by atoms with Gasteiger partial charge in [0.15, 0.2) is 0 Å². The number of methoxy groups -OCH3 is 1. The van der Waals surface area contributed by atoms with Gasteiger partial charge in [0, 0.05) is 24.7 Å². The number of rotatable bonds is 3. The highest BCUT2D eigenvalue weighted by Gasteiger charge is 2.19. The first-order valence-corrected chi connectivity index (χ1v) is 6.49. The number of para-hydroxylation sites is 1. The third kappa shape index (κ3) is 3.58. The molecule has 19 heavy (non-hydrogen) atoms. The molecule has 1 heterocycles. The monoisotopic (exact) mass is 261 g/mol. The summed E-state index contributed by atoms with van der Waals surface area (Å²) in [5, 5.41) is 9.41. The lowest BCUT2D eigenvalue weighted by Gasteiger charge is -2.28. The molecule has 0 aliphatic carbocycles. The highest BCUT2D eigenvalue weighted by atomic mass is 16.5. The zero-order valence-electron chi connectivity index (χ0n) is 11.1. The molecule has 1 saturated heterocycles. The molecule has 1 amide bonds. The summed E-state index contributed by atoms with van der Waals surface area (Å²) in [6.45, 7) is 1.24. The van der Waals surface area contributed by atoms with E-state index in [0.29, 0.717) is 25.9 Å². The van der Waals surface area contributed by atoms with Gasteiger partial charge >= 0.3 is 0 Å². The maximum absolute atomic E-state index is 12.0. The number of carbonyl (C=O) groups excluding carboxylic acids is 1. The van der Waals surface area contributed by atoms with Gasteiger partial charge in [-0.25, -0.2) is 0 Å². The van der Waals surface area contributed by atoms with Crippen LogP contribution in [0.15, 0.2) is 30.3 Å². The second kappa shape index (κ2) is 6.38. The quantitative estimate of drug-likeness (QED) is 0.842. The molecule has 0 spiro atoms. The number of hydrogen-bond donors (Lipinski definition) is 1. The van der Waals surface area contributed by atoms with E-state index < -0.39 is 0 Å². The minimum atomic E-state index is -0.262. The first-order chi connectivity index (χ1) is 9.20. The number of nitrogens with zero attached hydrogens (tertiary/aromatic N) is 1. The molecule has 2 rings (SSSR count). The van der Waals surface area contributed by atoms with Crippen LogP contribution in [-0.4, -0.2) is 42.2 Å². The number of likely N-dealkylation sites (tertiary alicyclic amines) is 1. The van der Waals surface area contributed by atoms with Gasteiger partial charge in [-0.15, -0.1) is 0 Å². The lowest BCUT2D eigenvalue weighted by atomic mass is 10.1. The Balaban J connectivity index is 2.00. The standard InChI is InChI=1S/C15H19NO3/c1-19-14-5-3-2-4-12(14)6-7-15(18)16-10-8-13(17)9-11-16/h2-7,13,17H,8-11H2,1H3. The fraction of sp³-hybridized carbons (Fsp3) is 0.400. The van der Waals surface area contributed by atoms with Gasteiger partial charge in [0.1, 0.15) is 5.75 Å². The Morgan fingerprint density at radius 2 is 2.05 bits per heavy atom. The highest BCUT2D eigenvalue weighted by molar-refractivity contribution is 5.92. The molecule has 102 valence electrons. The van der Waals surface area contributed by atoms with Gasteiger partial charge in [0.05, 0.1) is 13.2 Å².